The van der Waals surface area contributed by atoms with E-state index in [4.69, 9.17) is 0 Å². The van der Waals surface area contributed by atoms with Gasteiger partial charge in [-0.2, -0.15) is 0 Å². The summed E-state index contributed by atoms with van der Waals surface area (Å²) < 4.78 is 0. The highest BCUT2D eigenvalue weighted by Gasteiger charge is 2.28. The number of hydrogen-bond donors (Lipinski definition) is 2. The number of carbonyl (C=O) groups excluding carboxylic acids is 1. The Hall–Kier alpha value is -1.55. The van der Waals surface area contributed by atoms with Crippen molar-refractivity contribution >= 4 is 11.6 Å². The fourth-order valence-electron chi connectivity index (χ4n) is 2.34. The van der Waals surface area contributed by atoms with Crippen LogP contribution in [0.3, 0.4) is 0 Å². The predicted octanol–water partition coefficient (Wildman–Crippen LogP) is 0.773. The molecule has 1 aromatic rings. The van der Waals surface area contributed by atoms with Crippen molar-refractivity contribution in [3.63, 3.8) is 0 Å². The number of nitrogens with one attached hydrogen (secondary N) is 2. The number of nitrogens with zero attached hydrogens (tertiary/aromatic N) is 1. The number of rotatable bonds is 4. The van der Waals surface area contributed by atoms with Crippen LogP contribution in [0.2, 0.25) is 0 Å². The lowest BCUT2D eigenvalue weighted by atomic mass is 10.1. The molecule has 1 saturated heterocycles. The summed E-state index contributed by atoms with van der Waals surface area (Å²) in [6, 6.07) is 8.38. The van der Waals surface area contributed by atoms with Crippen LogP contribution >= 0.6 is 0 Å². The minimum absolute atomic E-state index is 0.107. The quantitative estimate of drug-likeness (QED) is 0.826. The lowest BCUT2D eigenvalue weighted by molar-refractivity contribution is -0.123. The van der Waals surface area contributed by atoms with Gasteiger partial charge in [0.25, 0.3) is 0 Å². The lowest BCUT2D eigenvalue weighted by Crippen LogP contribution is -2.58. The first-order valence-corrected chi connectivity index (χ1v) is 6.54. The van der Waals surface area contributed by atoms with E-state index in [0.717, 1.165) is 18.7 Å². The van der Waals surface area contributed by atoms with Crippen molar-refractivity contribution in [3.05, 3.63) is 29.8 Å². The first-order valence-electron chi connectivity index (χ1n) is 6.54. The molecule has 98 valence electrons. The summed E-state index contributed by atoms with van der Waals surface area (Å²) in [7, 11) is 1.88. The van der Waals surface area contributed by atoms with Gasteiger partial charge in [-0.3, -0.25) is 4.79 Å². The Morgan fingerprint density at radius 2 is 2.11 bits per heavy atom. The number of piperazine rings is 1. The summed E-state index contributed by atoms with van der Waals surface area (Å²) in [5.41, 5.74) is 2.45. The molecule has 0 aromatic heterocycles. The number of likely N-dealkylation sites (N-methyl/N-ethyl adjacent to an activating group) is 1. The third-order valence-electron chi connectivity index (χ3n) is 3.40. The largest absolute Gasteiger partial charge is 0.357 e. The van der Waals surface area contributed by atoms with Crippen molar-refractivity contribution in [1.82, 2.24) is 10.6 Å². The summed E-state index contributed by atoms with van der Waals surface area (Å²) in [5, 5.41) is 6.01. The standard InChI is InChI=1S/C14H21N3O/c1-3-11-4-6-12(7-5-11)17-9-8-16-14(18)13(17)10-15-2/h4-7,13,15H,3,8-10H2,1-2H3,(H,16,18). The molecule has 0 saturated carbocycles. The summed E-state index contributed by atoms with van der Waals surface area (Å²) in [6.45, 7) is 4.40. The van der Waals surface area contributed by atoms with Gasteiger partial charge in [0.15, 0.2) is 0 Å². The van der Waals surface area contributed by atoms with Gasteiger partial charge in [-0.15, -0.1) is 0 Å². The molecule has 4 nitrogen and oxygen atoms in total. The van der Waals surface area contributed by atoms with Crippen molar-refractivity contribution in [3.8, 4) is 0 Å². The zero-order valence-electron chi connectivity index (χ0n) is 11.1. The van der Waals surface area contributed by atoms with Gasteiger partial charge >= 0.3 is 0 Å². The average molecular weight is 247 g/mol. The second-order valence-corrected chi connectivity index (χ2v) is 4.58. The molecular weight excluding hydrogens is 226 g/mol. The summed E-state index contributed by atoms with van der Waals surface area (Å²) in [6.07, 6.45) is 1.04. The Morgan fingerprint density at radius 3 is 2.72 bits per heavy atom. The van der Waals surface area contributed by atoms with Crippen LogP contribution < -0.4 is 15.5 Å². The maximum atomic E-state index is 11.9. The van der Waals surface area contributed by atoms with E-state index in [0.29, 0.717) is 13.1 Å². The van der Waals surface area contributed by atoms with Gasteiger partial charge < -0.3 is 15.5 Å². The molecule has 4 heteroatoms. The topological polar surface area (TPSA) is 44.4 Å². The Bertz CT molecular complexity index is 402. The van der Waals surface area contributed by atoms with Gasteiger partial charge in [-0.1, -0.05) is 19.1 Å². The van der Waals surface area contributed by atoms with Gasteiger partial charge in [0, 0.05) is 25.3 Å². The van der Waals surface area contributed by atoms with E-state index in [1.165, 1.54) is 5.56 Å². The van der Waals surface area contributed by atoms with Crippen LogP contribution in [0.1, 0.15) is 12.5 Å². The highest BCUT2D eigenvalue weighted by molar-refractivity contribution is 5.86. The zero-order chi connectivity index (χ0) is 13.0. The second kappa shape index (κ2) is 5.87. The van der Waals surface area contributed by atoms with Crippen LogP contribution in [-0.4, -0.2) is 38.6 Å². The van der Waals surface area contributed by atoms with Gasteiger partial charge in [-0.25, -0.2) is 0 Å². The Morgan fingerprint density at radius 1 is 1.39 bits per heavy atom. The summed E-state index contributed by atoms with van der Waals surface area (Å²) in [5.74, 6) is 0.107. The smallest absolute Gasteiger partial charge is 0.244 e. The van der Waals surface area contributed by atoms with E-state index in [1.807, 2.05) is 7.05 Å². The third-order valence-corrected chi connectivity index (χ3v) is 3.40. The van der Waals surface area contributed by atoms with E-state index in [-0.39, 0.29) is 11.9 Å². The highest BCUT2D eigenvalue weighted by Crippen LogP contribution is 2.19. The maximum Gasteiger partial charge on any atom is 0.244 e. The van der Waals surface area contributed by atoms with E-state index in [9.17, 15) is 4.79 Å². The third kappa shape index (κ3) is 2.64. The number of anilines is 1. The highest BCUT2D eigenvalue weighted by atomic mass is 16.2. The minimum Gasteiger partial charge on any atom is -0.357 e. The molecule has 1 fully saturated rings. The van der Waals surface area contributed by atoms with Gasteiger partial charge in [-0.05, 0) is 31.2 Å². The van der Waals surface area contributed by atoms with Gasteiger partial charge in [0.1, 0.15) is 6.04 Å². The molecule has 0 aliphatic carbocycles. The van der Waals surface area contributed by atoms with E-state index in [2.05, 4.69) is 46.7 Å². The number of benzene rings is 1. The van der Waals surface area contributed by atoms with Crippen LogP contribution in [0.5, 0.6) is 0 Å². The summed E-state index contributed by atoms with van der Waals surface area (Å²) >= 11 is 0. The number of carbonyl (C=O) groups is 1. The number of amides is 1. The fourth-order valence-corrected chi connectivity index (χ4v) is 2.34. The Labute approximate surface area is 108 Å². The number of aryl methyl sites for hydroxylation is 1. The molecular formula is C14H21N3O. The van der Waals surface area contributed by atoms with Crippen molar-refractivity contribution in [2.45, 2.75) is 19.4 Å². The molecule has 18 heavy (non-hydrogen) atoms. The Kier molecular flexibility index (Phi) is 4.20. The van der Waals surface area contributed by atoms with Crippen LogP contribution in [0.4, 0.5) is 5.69 Å². The molecule has 1 heterocycles. The lowest BCUT2D eigenvalue weighted by Gasteiger charge is -2.36. The molecule has 0 radical (unpaired) electrons. The predicted molar refractivity (Wildman–Crippen MR) is 73.9 cm³/mol. The van der Waals surface area contributed by atoms with Crippen LogP contribution in [0, 0.1) is 0 Å². The first kappa shape index (κ1) is 12.9. The van der Waals surface area contributed by atoms with Crippen LogP contribution in [-0.2, 0) is 11.2 Å². The van der Waals surface area contributed by atoms with Crippen LogP contribution in [0.25, 0.3) is 0 Å². The van der Waals surface area contributed by atoms with Crippen molar-refractivity contribution < 1.29 is 4.79 Å². The van der Waals surface area contributed by atoms with Gasteiger partial charge in [0.2, 0.25) is 5.91 Å². The van der Waals surface area contributed by atoms with Crippen LogP contribution in [0.15, 0.2) is 24.3 Å². The molecule has 1 aliphatic heterocycles. The number of hydrogen-bond acceptors (Lipinski definition) is 3. The molecule has 0 bridgehead atoms. The first-order chi connectivity index (χ1) is 8.76. The Balaban J connectivity index is 2.19. The van der Waals surface area contributed by atoms with Crippen molar-refractivity contribution in [2.75, 3.05) is 31.6 Å². The molecule has 2 N–H and O–H groups in total. The van der Waals surface area contributed by atoms with Crippen molar-refractivity contribution in [2.24, 2.45) is 0 Å². The van der Waals surface area contributed by atoms with E-state index < -0.39 is 0 Å². The molecule has 1 atom stereocenters. The molecule has 1 unspecified atom stereocenters. The second-order valence-electron chi connectivity index (χ2n) is 4.58. The monoisotopic (exact) mass is 247 g/mol. The fraction of sp³-hybridized carbons (Fsp3) is 0.500. The SMILES string of the molecule is CCc1ccc(N2CCNC(=O)C2CNC)cc1. The maximum absolute atomic E-state index is 11.9. The normalized spacial score (nSPS) is 19.8. The summed E-state index contributed by atoms with van der Waals surface area (Å²) in [4.78, 5) is 14.1. The van der Waals surface area contributed by atoms with E-state index in [1.54, 1.807) is 0 Å². The zero-order valence-corrected chi connectivity index (χ0v) is 11.1. The van der Waals surface area contributed by atoms with E-state index >= 15 is 0 Å². The molecule has 1 amide bonds. The minimum atomic E-state index is -0.115. The van der Waals surface area contributed by atoms with Crippen molar-refractivity contribution in [1.29, 1.82) is 0 Å². The van der Waals surface area contributed by atoms with Gasteiger partial charge in [0.05, 0.1) is 0 Å². The molecule has 2 rings (SSSR count). The molecule has 0 spiro atoms. The molecule has 1 aliphatic rings. The molecule has 1 aromatic carbocycles. The average Bonchev–Trinajstić information content (AvgIpc) is 2.41.